The average Bonchev–Trinajstić information content (AvgIpc) is 3.42. The van der Waals surface area contributed by atoms with Crippen LogP contribution in [0.5, 0.6) is 0 Å². The van der Waals surface area contributed by atoms with E-state index in [1.54, 1.807) is 24.3 Å². The fourth-order valence-corrected chi connectivity index (χ4v) is 3.32. The number of benzene rings is 1. The summed E-state index contributed by atoms with van der Waals surface area (Å²) in [5, 5.41) is 3.94. The van der Waals surface area contributed by atoms with Gasteiger partial charge in [-0.15, -0.1) is 0 Å². The van der Waals surface area contributed by atoms with Gasteiger partial charge in [-0.05, 0) is 30.5 Å². The van der Waals surface area contributed by atoms with Gasteiger partial charge in [0.1, 0.15) is 15.7 Å². The van der Waals surface area contributed by atoms with Crippen molar-refractivity contribution in [1.82, 2.24) is 14.7 Å². The number of halogens is 6. The molecule has 10 heteroatoms. The van der Waals surface area contributed by atoms with Gasteiger partial charge in [0.25, 0.3) is 12.3 Å². The minimum Gasteiger partial charge on any atom is -0.331 e. The second kappa shape index (κ2) is 8.35. The molecule has 1 saturated carbocycles. The van der Waals surface area contributed by atoms with E-state index in [4.69, 9.17) is 34.8 Å². The Kier molecular flexibility index (Phi) is 6.27. The first-order valence-corrected chi connectivity index (χ1v) is 9.45. The molecule has 0 bridgehead atoms. The molecule has 2 aromatic rings. The van der Waals surface area contributed by atoms with Gasteiger partial charge in [-0.25, -0.2) is 13.5 Å². The minimum atomic E-state index is -3.08. The molecule has 150 valence electrons. The van der Waals surface area contributed by atoms with Crippen molar-refractivity contribution in [3.63, 3.8) is 0 Å². The van der Waals surface area contributed by atoms with Gasteiger partial charge < -0.3 is 4.90 Å². The quantitative estimate of drug-likeness (QED) is 0.572. The highest BCUT2D eigenvalue weighted by atomic mass is 35.5. The van der Waals surface area contributed by atoms with Crippen molar-refractivity contribution in [2.24, 2.45) is 7.05 Å². The maximum Gasteiger partial charge on any atom is 0.283 e. The van der Waals surface area contributed by atoms with Crippen LogP contribution in [0.15, 0.2) is 28.8 Å². The second-order valence-electron chi connectivity index (χ2n) is 6.39. The summed E-state index contributed by atoms with van der Waals surface area (Å²) in [4.78, 5) is 14.3. The topological polar surface area (TPSA) is 38.1 Å². The molecule has 0 radical (unpaired) electrons. The average molecular weight is 453 g/mol. The Balaban J connectivity index is 1.97. The van der Waals surface area contributed by atoms with Crippen molar-refractivity contribution >= 4 is 46.3 Å². The zero-order valence-electron chi connectivity index (χ0n) is 14.6. The summed E-state index contributed by atoms with van der Waals surface area (Å²) in [7, 11) is 1.16. The number of nitrogens with zero attached hydrogens (tertiary/aromatic N) is 3. The summed E-state index contributed by atoms with van der Waals surface area (Å²) in [5.41, 5.74) is -0.595. The molecule has 1 aromatic heterocycles. The van der Waals surface area contributed by atoms with Crippen LogP contribution in [0.3, 0.4) is 0 Å². The van der Waals surface area contributed by atoms with Crippen LogP contribution in [0.1, 0.15) is 40.9 Å². The molecule has 0 aliphatic heterocycles. The Labute approximate surface area is 174 Å². The Morgan fingerprint density at radius 2 is 1.89 bits per heavy atom. The summed E-state index contributed by atoms with van der Waals surface area (Å²) in [6.45, 7) is -0.0650. The largest absolute Gasteiger partial charge is 0.331 e. The molecule has 0 saturated heterocycles. The number of rotatable bonds is 6. The first-order chi connectivity index (χ1) is 13.2. The lowest BCUT2D eigenvalue weighted by Crippen LogP contribution is -2.35. The minimum absolute atomic E-state index is 0.0650. The van der Waals surface area contributed by atoms with Crippen LogP contribution in [0, 0.1) is 5.95 Å². The third-order valence-corrected chi connectivity index (χ3v) is 5.13. The molecule has 3 rings (SSSR count). The van der Waals surface area contributed by atoms with Crippen molar-refractivity contribution in [3.05, 3.63) is 56.5 Å². The van der Waals surface area contributed by atoms with Crippen LogP contribution >= 0.6 is 34.8 Å². The third-order valence-electron chi connectivity index (χ3n) is 4.42. The van der Waals surface area contributed by atoms with Crippen LogP contribution in [-0.2, 0) is 7.05 Å². The molecule has 1 fully saturated rings. The van der Waals surface area contributed by atoms with Crippen LogP contribution in [0.2, 0.25) is 5.02 Å². The predicted molar refractivity (Wildman–Crippen MR) is 102 cm³/mol. The molecule has 0 N–H and O–H groups in total. The number of aromatic nitrogens is 2. The van der Waals surface area contributed by atoms with Crippen molar-refractivity contribution in [2.45, 2.75) is 25.3 Å². The first kappa shape index (κ1) is 21.0. The highest BCUT2D eigenvalue weighted by Crippen LogP contribution is 2.35. The highest BCUT2D eigenvalue weighted by Gasteiger charge is 2.38. The molecule has 1 amide bonds. The molecule has 4 nitrogen and oxygen atoms in total. The molecule has 0 atom stereocenters. The standard InChI is InChI=1S/C18H15Cl3F3N3O/c1-26-17(24)13(14(25-26)16(22)23)18(28)27(11-6-7-11)8-12(15(20)21)9-2-4-10(19)5-3-9/h2-5,11,16H,6-8H2,1H3. The van der Waals surface area contributed by atoms with Gasteiger partial charge in [-0.2, -0.15) is 9.49 Å². The molecule has 1 aromatic carbocycles. The van der Waals surface area contributed by atoms with Gasteiger partial charge >= 0.3 is 0 Å². The van der Waals surface area contributed by atoms with Gasteiger partial charge in [0, 0.05) is 30.2 Å². The van der Waals surface area contributed by atoms with Crippen molar-refractivity contribution < 1.29 is 18.0 Å². The van der Waals surface area contributed by atoms with E-state index in [9.17, 15) is 18.0 Å². The normalized spacial score (nSPS) is 13.7. The Hall–Kier alpha value is -1.70. The number of hydrogen-bond donors (Lipinski definition) is 0. The number of carbonyl (C=O) groups excluding carboxylic acids is 1. The Morgan fingerprint density at radius 1 is 1.29 bits per heavy atom. The smallest absolute Gasteiger partial charge is 0.283 e. The molecular formula is C18H15Cl3F3N3O. The summed E-state index contributed by atoms with van der Waals surface area (Å²) in [5.74, 6) is -1.98. The van der Waals surface area contributed by atoms with Crippen molar-refractivity contribution in [3.8, 4) is 0 Å². The van der Waals surface area contributed by atoms with E-state index < -0.39 is 29.5 Å². The van der Waals surface area contributed by atoms with Gasteiger partial charge in [0.05, 0.1) is 0 Å². The Bertz CT molecular complexity index is 920. The first-order valence-electron chi connectivity index (χ1n) is 8.32. The number of amides is 1. The summed E-state index contributed by atoms with van der Waals surface area (Å²) < 4.78 is 41.5. The van der Waals surface area contributed by atoms with Gasteiger partial charge in [-0.1, -0.05) is 46.9 Å². The highest BCUT2D eigenvalue weighted by molar-refractivity contribution is 6.58. The van der Waals surface area contributed by atoms with E-state index >= 15 is 0 Å². The van der Waals surface area contributed by atoms with Gasteiger partial charge in [0.2, 0.25) is 5.95 Å². The van der Waals surface area contributed by atoms with E-state index in [1.807, 2.05) is 0 Å². The second-order valence-corrected chi connectivity index (χ2v) is 7.77. The number of hydrogen-bond acceptors (Lipinski definition) is 2. The van der Waals surface area contributed by atoms with Gasteiger partial charge in [-0.3, -0.25) is 4.79 Å². The molecule has 1 aliphatic carbocycles. The molecular weight excluding hydrogens is 438 g/mol. The van der Waals surface area contributed by atoms with Crippen molar-refractivity contribution in [2.75, 3.05) is 6.54 Å². The third kappa shape index (κ3) is 4.31. The fraction of sp³-hybridized carbons (Fsp3) is 0.333. The summed E-state index contributed by atoms with van der Waals surface area (Å²) >= 11 is 17.9. The van der Waals surface area contributed by atoms with E-state index in [-0.39, 0.29) is 17.1 Å². The molecule has 0 spiro atoms. The Morgan fingerprint density at radius 3 is 2.39 bits per heavy atom. The lowest BCUT2D eigenvalue weighted by atomic mass is 10.1. The zero-order chi connectivity index (χ0) is 20.6. The number of alkyl halides is 2. The zero-order valence-corrected chi connectivity index (χ0v) is 16.9. The summed E-state index contributed by atoms with van der Waals surface area (Å²) in [6, 6.07) is 6.40. The van der Waals surface area contributed by atoms with Crippen LogP contribution in [-0.4, -0.2) is 33.2 Å². The molecule has 28 heavy (non-hydrogen) atoms. The lowest BCUT2D eigenvalue weighted by molar-refractivity contribution is 0.0747. The summed E-state index contributed by atoms with van der Waals surface area (Å²) in [6.07, 6.45) is -1.74. The van der Waals surface area contributed by atoms with E-state index in [0.717, 1.165) is 7.05 Å². The van der Waals surface area contributed by atoms with Crippen LogP contribution < -0.4 is 0 Å². The maximum atomic E-state index is 14.4. The van der Waals surface area contributed by atoms with E-state index in [2.05, 4.69) is 5.10 Å². The van der Waals surface area contributed by atoms with Gasteiger partial charge in [0.15, 0.2) is 0 Å². The molecule has 1 heterocycles. The van der Waals surface area contributed by atoms with E-state index in [0.29, 0.717) is 33.7 Å². The van der Waals surface area contributed by atoms with E-state index in [1.165, 1.54) is 4.90 Å². The SMILES string of the molecule is Cn1nc(C(F)F)c(C(=O)N(CC(=C(Cl)Cl)c2ccc(Cl)cc2)C2CC2)c1F. The predicted octanol–water partition coefficient (Wildman–Crippen LogP) is 5.60. The molecule has 1 aliphatic rings. The lowest BCUT2D eigenvalue weighted by Gasteiger charge is -2.24. The monoisotopic (exact) mass is 451 g/mol. The number of aryl methyl sites for hydroxylation is 1. The van der Waals surface area contributed by atoms with Crippen LogP contribution in [0.25, 0.3) is 5.57 Å². The fourth-order valence-electron chi connectivity index (χ4n) is 2.85. The maximum absolute atomic E-state index is 14.4. The molecule has 0 unspecified atom stereocenters. The van der Waals surface area contributed by atoms with Crippen LogP contribution in [0.4, 0.5) is 13.2 Å². The van der Waals surface area contributed by atoms with Crippen molar-refractivity contribution in [1.29, 1.82) is 0 Å². The number of carbonyl (C=O) groups is 1.